The van der Waals surface area contributed by atoms with Crippen LogP contribution in [0.4, 0.5) is 0 Å². The smallest absolute Gasteiger partial charge is 0.249 e. The Labute approximate surface area is 297 Å². The minimum atomic E-state index is -1.19. The molecular weight excluding hydrogens is 660 g/mol. The summed E-state index contributed by atoms with van der Waals surface area (Å²) in [5, 5.41) is 16.0. The fourth-order valence-electron chi connectivity index (χ4n) is 5.20. The van der Waals surface area contributed by atoms with E-state index in [-0.39, 0.29) is 50.5 Å². The van der Waals surface area contributed by atoms with Crippen LogP contribution in [-0.4, -0.2) is 89.6 Å². The van der Waals surface area contributed by atoms with E-state index in [1.54, 1.807) is 13.1 Å². The summed E-state index contributed by atoms with van der Waals surface area (Å²) in [4.78, 5) is 96.6. The van der Waals surface area contributed by atoms with Gasteiger partial charge in [-0.15, -0.1) is 0 Å². The predicted molar refractivity (Wildman–Crippen MR) is 192 cm³/mol. The van der Waals surface area contributed by atoms with Crippen molar-refractivity contribution in [2.45, 2.75) is 97.3 Å². The van der Waals surface area contributed by atoms with Crippen LogP contribution in [0.1, 0.15) is 72.3 Å². The topological polar surface area (TPSA) is 272 Å². The molecule has 0 unspecified atom stereocenters. The molecule has 0 saturated heterocycles. The van der Waals surface area contributed by atoms with Crippen molar-refractivity contribution in [3.8, 4) is 0 Å². The largest absolute Gasteiger partial charge is 0.370 e. The van der Waals surface area contributed by atoms with Crippen LogP contribution in [0.15, 0.2) is 35.5 Å². The number of amides is 7. The fraction of sp³-hybridized carbons (Fsp3) is 0.529. The molecular formula is C34H52N10O7. The normalized spacial score (nSPS) is 13.2. The molecule has 51 heavy (non-hydrogen) atoms. The Hall–Kier alpha value is -5.48. The third-order valence-corrected chi connectivity index (χ3v) is 7.64. The summed E-state index contributed by atoms with van der Waals surface area (Å²) in [5.41, 5.74) is 12.4. The summed E-state index contributed by atoms with van der Waals surface area (Å²) >= 11 is 0. The highest BCUT2D eigenvalue weighted by Crippen LogP contribution is 2.19. The Morgan fingerprint density at radius 2 is 1.49 bits per heavy atom. The second-order valence-electron chi connectivity index (χ2n) is 12.7. The number of carbonyl (C=O) groups excluding carboxylic acids is 7. The van der Waals surface area contributed by atoms with Crippen molar-refractivity contribution in [2.24, 2.45) is 22.4 Å². The van der Waals surface area contributed by atoms with Gasteiger partial charge in [0, 0.05) is 43.4 Å². The summed E-state index contributed by atoms with van der Waals surface area (Å²) in [6.07, 6.45) is 2.91. The lowest BCUT2D eigenvalue weighted by Crippen LogP contribution is -2.58. The number of benzene rings is 1. The minimum Gasteiger partial charge on any atom is -0.370 e. The maximum atomic E-state index is 13.9. The zero-order chi connectivity index (χ0) is 38.1. The van der Waals surface area contributed by atoms with E-state index < -0.39 is 72.1 Å². The molecule has 4 atom stereocenters. The molecule has 0 bridgehead atoms. The third kappa shape index (κ3) is 14.9. The van der Waals surface area contributed by atoms with Crippen LogP contribution in [0.5, 0.6) is 0 Å². The molecule has 0 fully saturated rings. The monoisotopic (exact) mass is 712 g/mol. The number of aliphatic imine (C=N–C) groups is 1. The quantitative estimate of drug-likeness (QED) is 0.0479. The Kier molecular flexibility index (Phi) is 17.1. The second kappa shape index (κ2) is 20.9. The molecule has 7 amide bonds. The predicted octanol–water partition coefficient (Wildman–Crippen LogP) is -0.652. The number of fused-ring (bicyclic) bond motifs is 1. The van der Waals surface area contributed by atoms with Gasteiger partial charge in [0.05, 0.1) is 6.54 Å². The molecule has 1 aromatic heterocycles. The molecule has 11 N–H and O–H groups in total. The molecule has 0 aliphatic rings. The Morgan fingerprint density at radius 3 is 2.14 bits per heavy atom. The lowest BCUT2D eigenvalue weighted by Gasteiger charge is -2.26. The minimum absolute atomic E-state index is 0.0357. The first kappa shape index (κ1) is 41.7. The van der Waals surface area contributed by atoms with Crippen molar-refractivity contribution in [3.05, 3.63) is 36.0 Å². The zero-order valence-corrected chi connectivity index (χ0v) is 29.9. The van der Waals surface area contributed by atoms with Crippen LogP contribution < -0.4 is 43.4 Å². The first-order chi connectivity index (χ1) is 24.1. The van der Waals surface area contributed by atoms with Crippen molar-refractivity contribution in [2.75, 3.05) is 13.1 Å². The number of hydrogen-bond donors (Lipinski definition) is 9. The van der Waals surface area contributed by atoms with Crippen LogP contribution in [0.25, 0.3) is 10.9 Å². The van der Waals surface area contributed by atoms with E-state index in [9.17, 15) is 33.6 Å². The number of nitrogens with two attached hydrogens (primary N) is 2. The standard InChI is InChI=1S/C34H52N10O7/c1-6-10-28(46)44-33(51)27(16-22-17-38-24-12-8-7-11-23(22)24)43-31(49)25(13-9-14-37-34(35)36)42-32(50)26(15-19(2)3)41-29(47)18-39-30(48)20(4)40-21(5)45/h7-8,11-12,17,19-20,25-27,38H,6,9-10,13-16,18H2,1-5H3,(H,39,48)(H,40,45)(H,41,47)(H,42,50)(H,43,49)(H4,35,36,37)(H,44,46,51)/t20-,25-,26-,27-/m0/s1. The Bertz CT molecular complexity index is 1570. The van der Waals surface area contributed by atoms with Gasteiger partial charge in [0.2, 0.25) is 41.4 Å². The van der Waals surface area contributed by atoms with E-state index >= 15 is 0 Å². The van der Waals surface area contributed by atoms with Gasteiger partial charge in [-0.25, -0.2) is 0 Å². The summed E-state index contributed by atoms with van der Waals surface area (Å²) in [5.74, 6) is -4.46. The van der Waals surface area contributed by atoms with E-state index in [0.717, 1.165) is 16.5 Å². The summed E-state index contributed by atoms with van der Waals surface area (Å²) in [7, 11) is 0. The molecule has 1 heterocycles. The number of nitrogens with one attached hydrogen (secondary N) is 7. The highest BCUT2D eigenvalue weighted by atomic mass is 16.2. The number of hydrogen-bond acceptors (Lipinski definition) is 8. The molecule has 0 saturated carbocycles. The molecule has 17 heteroatoms. The molecule has 1 aromatic carbocycles. The van der Waals surface area contributed by atoms with E-state index in [2.05, 4.69) is 41.9 Å². The van der Waals surface area contributed by atoms with Crippen LogP contribution in [0.2, 0.25) is 0 Å². The van der Waals surface area contributed by atoms with Crippen molar-refractivity contribution < 1.29 is 33.6 Å². The maximum absolute atomic E-state index is 13.9. The van der Waals surface area contributed by atoms with E-state index in [4.69, 9.17) is 11.5 Å². The number of rotatable bonds is 20. The third-order valence-electron chi connectivity index (χ3n) is 7.64. The van der Waals surface area contributed by atoms with Gasteiger partial charge in [-0.2, -0.15) is 0 Å². The van der Waals surface area contributed by atoms with E-state index in [1.807, 2.05) is 38.1 Å². The highest BCUT2D eigenvalue weighted by Gasteiger charge is 2.31. The fourth-order valence-corrected chi connectivity index (χ4v) is 5.20. The number of nitrogens with zero attached hydrogens (tertiary/aromatic N) is 1. The first-order valence-electron chi connectivity index (χ1n) is 17.0. The van der Waals surface area contributed by atoms with Gasteiger partial charge < -0.3 is 43.0 Å². The molecule has 0 aliphatic carbocycles. The SMILES string of the molecule is CCCC(=O)NC(=O)[C@H](Cc1c[nH]c2ccccc12)NC(=O)[C@H](CCCN=C(N)N)NC(=O)[C@H](CC(C)C)NC(=O)CNC(=O)[C@H](C)NC(C)=O. The van der Waals surface area contributed by atoms with E-state index in [0.29, 0.717) is 6.42 Å². The summed E-state index contributed by atoms with van der Waals surface area (Å²) in [6.45, 7) is 7.88. The summed E-state index contributed by atoms with van der Waals surface area (Å²) < 4.78 is 0. The first-order valence-corrected chi connectivity index (χ1v) is 17.0. The van der Waals surface area contributed by atoms with Gasteiger partial charge in [0.15, 0.2) is 5.96 Å². The molecule has 17 nitrogen and oxygen atoms in total. The Balaban J connectivity index is 2.29. The lowest BCUT2D eigenvalue weighted by atomic mass is 10.0. The van der Waals surface area contributed by atoms with Crippen LogP contribution in [-0.2, 0) is 40.0 Å². The van der Waals surface area contributed by atoms with Crippen LogP contribution in [0.3, 0.4) is 0 Å². The van der Waals surface area contributed by atoms with Gasteiger partial charge in [0.25, 0.3) is 0 Å². The number of aromatic amines is 1. The molecule has 2 rings (SSSR count). The number of para-hydroxylation sites is 1. The summed E-state index contributed by atoms with van der Waals surface area (Å²) in [6, 6.07) is 3.07. The number of guanidine groups is 1. The number of imide groups is 1. The lowest BCUT2D eigenvalue weighted by molar-refractivity contribution is -0.136. The van der Waals surface area contributed by atoms with Gasteiger partial charge in [0.1, 0.15) is 24.2 Å². The maximum Gasteiger partial charge on any atom is 0.249 e. The molecule has 0 spiro atoms. The van der Waals surface area contributed by atoms with Crippen molar-refractivity contribution >= 4 is 58.2 Å². The molecule has 2 aromatic rings. The van der Waals surface area contributed by atoms with Gasteiger partial charge in [-0.05, 0) is 50.2 Å². The van der Waals surface area contributed by atoms with Crippen molar-refractivity contribution in [1.29, 1.82) is 0 Å². The average molecular weight is 713 g/mol. The van der Waals surface area contributed by atoms with Crippen LogP contribution in [0, 0.1) is 5.92 Å². The molecule has 0 radical (unpaired) electrons. The van der Waals surface area contributed by atoms with Crippen molar-refractivity contribution in [3.63, 3.8) is 0 Å². The number of aromatic nitrogens is 1. The molecule has 280 valence electrons. The van der Waals surface area contributed by atoms with Crippen LogP contribution >= 0.6 is 0 Å². The second-order valence-corrected chi connectivity index (χ2v) is 12.7. The molecule has 0 aliphatic heterocycles. The van der Waals surface area contributed by atoms with Gasteiger partial charge in [-0.3, -0.25) is 43.9 Å². The Morgan fingerprint density at radius 1 is 0.824 bits per heavy atom. The number of carbonyl (C=O) groups is 7. The average Bonchev–Trinajstić information content (AvgIpc) is 3.46. The van der Waals surface area contributed by atoms with Gasteiger partial charge >= 0.3 is 0 Å². The van der Waals surface area contributed by atoms with Crippen molar-refractivity contribution in [1.82, 2.24) is 36.9 Å². The van der Waals surface area contributed by atoms with E-state index in [1.165, 1.54) is 13.8 Å². The number of H-pyrrole nitrogens is 1. The van der Waals surface area contributed by atoms with Gasteiger partial charge in [-0.1, -0.05) is 39.0 Å². The highest BCUT2D eigenvalue weighted by molar-refractivity contribution is 6.01. The zero-order valence-electron chi connectivity index (χ0n) is 29.9.